The number of nitrogens with zero attached hydrogens (tertiary/aromatic N) is 2. The first-order valence-electron chi connectivity index (χ1n) is 5.83. The number of aromatic nitrogens is 2. The number of benzene rings is 1. The van der Waals surface area contributed by atoms with E-state index in [1.54, 1.807) is 6.92 Å². The fraction of sp³-hybridized carbons (Fsp3) is 0.182. The summed E-state index contributed by atoms with van der Waals surface area (Å²) in [5, 5.41) is 17.2. The molecule has 0 radical (unpaired) electrons. The van der Waals surface area contributed by atoms with Crippen LogP contribution in [0.5, 0.6) is 0 Å². The van der Waals surface area contributed by atoms with Gasteiger partial charge in [0, 0.05) is 29.9 Å². The van der Waals surface area contributed by atoms with Crippen LogP contribution in [-0.2, 0) is 16.6 Å². The van der Waals surface area contributed by atoms with Crippen molar-refractivity contribution in [2.45, 2.75) is 18.4 Å². The minimum Gasteiger partial charge on any atom is -0.398 e. The molecule has 0 amide bonds. The fourth-order valence-electron chi connectivity index (χ4n) is 1.67. The van der Waals surface area contributed by atoms with Crippen LogP contribution < -0.4 is 10.5 Å². The van der Waals surface area contributed by atoms with E-state index in [1.165, 1.54) is 12.3 Å². The highest BCUT2D eigenvalue weighted by Crippen LogP contribution is 2.24. The number of nitrogens with one attached hydrogen (secondary N) is 2. The highest BCUT2D eigenvalue weighted by molar-refractivity contribution is 7.89. The number of aromatic amines is 1. The van der Waals surface area contributed by atoms with Gasteiger partial charge in [0.1, 0.15) is 4.90 Å². The van der Waals surface area contributed by atoms with Crippen LogP contribution in [0.3, 0.4) is 0 Å². The number of non-ortho nitro benzene ring substituents is 1. The molecule has 0 saturated heterocycles. The molecule has 0 unspecified atom stereocenters. The molecule has 112 valence electrons. The summed E-state index contributed by atoms with van der Waals surface area (Å²) >= 11 is 0. The molecule has 0 spiro atoms. The van der Waals surface area contributed by atoms with E-state index < -0.39 is 14.9 Å². The molecule has 0 aliphatic carbocycles. The number of nitro benzene ring substituents is 1. The number of anilines is 1. The molecule has 2 rings (SSSR count). The average molecular weight is 311 g/mol. The average Bonchev–Trinajstić information content (AvgIpc) is 2.82. The molecule has 0 aliphatic heterocycles. The van der Waals surface area contributed by atoms with Crippen molar-refractivity contribution in [1.82, 2.24) is 14.9 Å². The lowest BCUT2D eigenvalue weighted by molar-refractivity contribution is -0.385. The van der Waals surface area contributed by atoms with Crippen LogP contribution in [0.4, 0.5) is 11.4 Å². The Morgan fingerprint density at radius 2 is 2.19 bits per heavy atom. The minimum atomic E-state index is -3.96. The fourth-order valence-corrected chi connectivity index (χ4v) is 2.83. The van der Waals surface area contributed by atoms with Crippen molar-refractivity contribution in [3.8, 4) is 0 Å². The SMILES string of the molecule is Cc1[nH]ncc1CNS(=O)(=O)c1cc([N+](=O)[O-])ccc1N. The Hall–Kier alpha value is -2.46. The number of nitro groups is 1. The predicted molar refractivity (Wildman–Crippen MR) is 74.9 cm³/mol. The quantitative estimate of drug-likeness (QED) is 0.421. The van der Waals surface area contributed by atoms with Gasteiger partial charge in [-0.3, -0.25) is 15.2 Å². The van der Waals surface area contributed by atoms with Crippen molar-refractivity contribution in [3.63, 3.8) is 0 Å². The van der Waals surface area contributed by atoms with Crippen molar-refractivity contribution >= 4 is 21.4 Å². The van der Waals surface area contributed by atoms with Crippen LogP contribution in [-0.4, -0.2) is 23.5 Å². The van der Waals surface area contributed by atoms with Crippen molar-refractivity contribution in [1.29, 1.82) is 0 Å². The van der Waals surface area contributed by atoms with Crippen molar-refractivity contribution in [2.75, 3.05) is 5.73 Å². The van der Waals surface area contributed by atoms with Gasteiger partial charge in [0.15, 0.2) is 0 Å². The van der Waals surface area contributed by atoms with Crippen molar-refractivity contribution < 1.29 is 13.3 Å². The topological polar surface area (TPSA) is 144 Å². The number of hydrogen-bond acceptors (Lipinski definition) is 6. The summed E-state index contributed by atoms with van der Waals surface area (Å²) in [4.78, 5) is 9.71. The van der Waals surface area contributed by atoms with Gasteiger partial charge >= 0.3 is 0 Å². The summed E-state index contributed by atoms with van der Waals surface area (Å²) in [5.74, 6) is 0. The lowest BCUT2D eigenvalue weighted by Crippen LogP contribution is -2.24. The number of nitrogens with two attached hydrogens (primary N) is 1. The first-order chi connectivity index (χ1) is 9.81. The lowest BCUT2D eigenvalue weighted by atomic mass is 10.3. The first kappa shape index (κ1) is 14.9. The molecule has 1 heterocycles. The summed E-state index contributed by atoms with van der Waals surface area (Å²) in [6.45, 7) is 1.76. The zero-order valence-corrected chi connectivity index (χ0v) is 11.8. The first-order valence-corrected chi connectivity index (χ1v) is 7.32. The second-order valence-corrected chi connectivity index (χ2v) is 6.06. The van der Waals surface area contributed by atoms with Crippen LogP contribution in [0.2, 0.25) is 0 Å². The monoisotopic (exact) mass is 311 g/mol. The smallest absolute Gasteiger partial charge is 0.270 e. The largest absolute Gasteiger partial charge is 0.398 e. The molecule has 0 bridgehead atoms. The predicted octanol–water partition coefficient (Wildman–Crippen LogP) is 0.687. The third-order valence-electron chi connectivity index (χ3n) is 2.88. The van der Waals surface area contributed by atoms with E-state index >= 15 is 0 Å². The molecule has 0 saturated carbocycles. The molecule has 2 aromatic rings. The van der Waals surface area contributed by atoms with Crippen LogP contribution in [0.15, 0.2) is 29.3 Å². The van der Waals surface area contributed by atoms with E-state index in [-0.39, 0.29) is 22.8 Å². The summed E-state index contributed by atoms with van der Waals surface area (Å²) in [6, 6.07) is 3.27. The lowest BCUT2D eigenvalue weighted by Gasteiger charge is -2.08. The third kappa shape index (κ3) is 3.17. The summed E-state index contributed by atoms with van der Waals surface area (Å²) in [7, 11) is -3.96. The van der Waals surface area contributed by atoms with Gasteiger partial charge in [0.25, 0.3) is 5.69 Å². The van der Waals surface area contributed by atoms with E-state index in [2.05, 4.69) is 14.9 Å². The molecule has 0 atom stereocenters. The number of nitrogen functional groups attached to an aromatic ring is 1. The van der Waals surface area contributed by atoms with Gasteiger partial charge in [-0.2, -0.15) is 5.10 Å². The van der Waals surface area contributed by atoms with E-state index in [9.17, 15) is 18.5 Å². The number of rotatable bonds is 5. The number of sulfonamides is 1. The van der Waals surface area contributed by atoms with E-state index in [1.807, 2.05) is 0 Å². The van der Waals surface area contributed by atoms with Gasteiger partial charge < -0.3 is 5.73 Å². The Kier molecular flexibility index (Phi) is 3.91. The molecule has 0 aliphatic rings. The van der Waals surface area contributed by atoms with Gasteiger partial charge in [0.05, 0.1) is 16.8 Å². The maximum absolute atomic E-state index is 12.2. The molecular formula is C11H13N5O4S. The maximum atomic E-state index is 12.2. The van der Waals surface area contributed by atoms with Crippen LogP contribution in [0.1, 0.15) is 11.3 Å². The molecule has 1 aromatic heterocycles. The summed E-state index contributed by atoms with van der Waals surface area (Å²) in [6.07, 6.45) is 1.49. The highest BCUT2D eigenvalue weighted by atomic mass is 32.2. The molecular weight excluding hydrogens is 298 g/mol. The molecule has 1 aromatic carbocycles. The molecule has 21 heavy (non-hydrogen) atoms. The number of aryl methyl sites for hydroxylation is 1. The second kappa shape index (κ2) is 5.50. The van der Waals surface area contributed by atoms with Gasteiger partial charge in [-0.15, -0.1) is 0 Å². The van der Waals surface area contributed by atoms with Gasteiger partial charge in [-0.25, -0.2) is 13.1 Å². The Morgan fingerprint density at radius 3 is 2.76 bits per heavy atom. The Labute approximate surface area is 120 Å². The second-order valence-electron chi connectivity index (χ2n) is 4.32. The zero-order chi connectivity index (χ0) is 15.6. The summed E-state index contributed by atoms with van der Waals surface area (Å²) < 4.78 is 26.7. The van der Waals surface area contributed by atoms with Gasteiger partial charge in [-0.05, 0) is 13.0 Å². The zero-order valence-electron chi connectivity index (χ0n) is 11.0. The van der Waals surface area contributed by atoms with E-state index in [4.69, 9.17) is 5.73 Å². The molecule has 10 heteroatoms. The molecule has 4 N–H and O–H groups in total. The Balaban J connectivity index is 2.29. The Bertz CT molecular complexity index is 784. The van der Waals surface area contributed by atoms with E-state index in [0.717, 1.165) is 17.8 Å². The maximum Gasteiger partial charge on any atom is 0.270 e. The molecule has 9 nitrogen and oxygen atoms in total. The summed E-state index contributed by atoms with van der Waals surface area (Å²) in [5.41, 5.74) is 6.59. The minimum absolute atomic E-state index is 0.00674. The van der Waals surface area contributed by atoms with Gasteiger partial charge in [0.2, 0.25) is 10.0 Å². The Morgan fingerprint density at radius 1 is 1.48 bits per heavy atom. The third-order valence-corrected chi connectivity index (χ3v) is 4.34. The number of hydrogen-bond donors (Lipinski definition) is 3. The van der Waals surface area contributed by atoms with Gasteiger partial charge in [-0.1, -0.05) is 0 Å². The van der Waals surface area contributed by atoms with Crippen LogP contribution in [0.25, 0.3) is 0 Å². The number of H-pyrrole nitrogens is 1. The van der Waals surface area contributed by atoms with E-state index in [0.29, 0.717) is 5.56 Å². The van der Waals surface area contributed by atoms with Crippen LogP contribution in [0, 0.1) is 17.0 Å². The highest BCUT2D eigenvalue weighted by Gasteiger charge is 2.21. The van der Waals surface area contributed by atoms with Crippen molar-refractivity contribution in [2.24, 2.45) is 0 Å². The van der Waals surface area contributed by atoms with Crippen LogP contribution >= 0.6 is 0 Å². The van der Waals surface area contributed by atoms with Crippen molar-refractivity contribution in [3.05, 3.63) is 45.8 Å². The standard InChI is InChI=1S/C11H13N5O4S/c1-7-8(5-13-15-7)6-14-21(19,20)11-4-9(16(17)18)2-3-10(11)12/h2-5,14H,6,12H2,1H3,(H,13,15). The molecule has 0 fully saturated rings. The normalized spacial score (nSPS) is 11.5.